The van der Waals surface area contributed by atoms with Crippen molar-refractivity contribution in [3.8, 4) is 0 Å². The molecule has 1 aromatic rings. The van der Waals surface area contributed by atoms with Crippen molar-refractivity contribution >= 4 is 5.91 Å². The van der Waals surface area contributed by atoms with Crippen molar-refractivity contribution in [1.82, 2.24) is 20.3 Å². The van der Waals surface area contributed by atoms with Crippen LogP contribution in [0.5, 0.6) is 0 Å². The van der Waals surface area contributed by atoms with E-state index in [9.17, 15) is 9.90 Å². The summed E-state index contributed by atoms with van der Waals surface area (Å²) in [4.78, 5) is 14.0. The minimum absolute atomic E-state index is 0.154. The molecule has 150 valence electrons. The molecule has 7 heteroatoms. The van der Waals surface area contributed by atoms with E-state index >= 15 is 0 Å². The molecule has 2 bridgehead atoms. The van der Waals surface area contributed by atoms with Gasteiger partial charge in [0, 0.05) is 18.9 Å². The van der Waals surface area contributed by atoms with Crippen LogP contribution in [0.2, 0.25) is 0 Å². The summed E-state index contributed by atoms with van der Waals surface area (Å²) in [6.45, 7) is 6.95. The van der Waals surface area contributed by atoms with Gasteiger partial charge in [0.2, 0.25) is 5.91 Å². The van der Waals surface area contributed by atoms with E-state index in [1.165, 1.54) is 11.3 Å². The maximum Gasteiger partial charge on any atom is 0.229 e. The Bertz CT molecular complexity index is 667. The molecule has 1 aromatic heterocycles. The second-order valence-electron chi connectivity index (χ2n) is 9.28. The second-order valence-corrected chi connectivity index (χ2v) is 9.28. The number of fused-ring (bicyclic) bond motifs is 3. The number of aromatic nitrogens is 3. The number of hydrogen-bond acceptors (Lipinski definition) is 4. The second kappa shape index (κ2) is 7.51. The normalized spacial score (nSPS) is 32.6. The van der Waals surface area contributed by atoms with Gasteiger partial charge in [-0.1, -0.05) is 24.5 Å². The van der Waals surface area contributed by atoms with Crippen LogP contribution in [-0.2, 0) is 16.9 Å². The van der Waals surface area contributed by atoms with E-state index < -0.39 is 5.60 Å². The molecule has 3 N–H and O–H groups in total. The fourth-order valence-corrected chi connectivity index (χ4v) is 5.43. The number of carbonyl (C=O) groups excluding carboxylic acids is 1. The van der Waals surface area contributed by atoms with Crippen LogP contribution in [-0.4, -0.2) is 51.2 Å². The van der Waals surface area contributed by atoms with E-state index in [4.69, 9.17) is 0 Å². The van der Waals surface area contributed by atoms with Crippen LogP contribution in [0.4, 0.5) is 0 Å². The molecular weight excluding hydrogens is 342 g/mol. The molecule has 7 nitrogen and oxygen atoms in total. The summed E-state index contributed by atoms with van der Waals surface area (Å²) in [6.07, 6.45) is 9.08. The van der Waals surface area contributed by atoms with Crippen LogP contribution in [0.15, 0.2) is 6.20 Å². The molecule has 4 heterocycles. The molecule has 1 unspecified atom stereocenters. The summed E-state index contributed by atoms with van der Waals surface area (Å²) in [6, 6.07) is 0.695. The highest BCUT2D eigenvalue weighted by Gasteiger charge is 2.46. The molecular formula is C20H34N5O2+. The van der Waals surface area contributed by atoms with Crippen molar-refractivity contribution in [2.75, 3.05) is 13.1 Å². The highest BCUT2D eigenvalue weighted by atomic mass is 16.3. The zero-order valence-corrected chi connectivity index (χ0v) is 16.7. The van der Waals surface area contributed by atoms with Gasteiger partial charge in [0.1, 0.15) is 17.3 Å². The van der Waals surface area contributed by atoms with Gasteiger partial charge in [-0.3, -0.25) is 4.79 Å². The summed E-state index contributed by atoms with van der Waals surface area (Å²) in [5.41, 5.74) is -0.0442. The molecule has 3 aliphatic heterocycles. The molecule has 1 aliphatic carbocycles. The highest BCUT2D eigenvalue weighted by molar-refractivity contribution is 5.79. The van der Waals surface area contributed by atoms with Crippen molar-refractivity contribution < 1.29 is 14.8 Å². The molecule has 1 saturated carbocycles. The first-order valence-electron chi connectivity index (χ1n) is 10.7. The average molecular weight is 377 g/mol. The molecule has 3 saturated heterocycles. The lowest BCUT2D eigenvalue weighted by Crippen LogP contribution is -3.20. The Kier molecular flexibility index (Phi) is 5.25. The number of nitrogens with zero attached hydrogens (tertiary/aromatic N) is 3. The van der Waals surface area contributed by atoms with Crippen molar-refractivity contribution in [3.63, 3.8) is 0 Å². The lowest BCUT2D eigenvalue weighted by molar-refractivity contribution is -0.945. The third-order valence-electron chi connectivity index (χ3n) is 6.92. The Morgan fingerprint density at radius 2 is 2.19 bits per heavy atom. The quantitative estimate of drug-likeness (QED) is 0.688. The number of carbonyl (C=O) groups is 1. The summed E-state index contributed by atoms with van der Waals surface area (Å²) >= 11 is 0. The third-order valence-corrected chi connectivity index (χ3v) is 6.92. The minimum atomic E-state index is -0.782. The van der Waals surface area contributed by atoms with Gasteiger partial charge in [0.25, 0.3) is 0 Å². The summed E-state index contributed by atoms with van der Waals surface area (Å²) in [7, 11) is 0. The van der Waals surface area contributed by atoms with Gasteiger partial charge in [-0.05, 0) is 32.6 Å². The number of rotatable bonds is 5. The Hall–Kier alpha value is -1.47. The summed E-state index contributed by atoms with van der Waals surface area (Å²) in [5, 5.41) is 22.6. The molecule has 0 aromatic carbocycles. The van der Waals surface area contributed by atoms with Crippen LogP contribution in [0.1, 0.15) is 64.5 Å². The first-order chi connectivity index (χ1) is 12.9. The lowest BCUT2D eigenvalue weighted by atomic mass is 9.75. The number of nitrogens with one attached hydrogen (secondary N) is 2. The van der Waals surface area contributed by atoms with Crippen LogP contribution in [0.3, 0.4) is 0 Å². The molecule has 27 heavy (non-hydrogen) atoms. The molecule has 4 aliphatic rings. The summed E-state index contributed by atoms with van der Waals surface area (Å²) < 4.78 is 1.92. The first kappa shape index (κ1) is 18.9. The van der Waals surface area contributed by atoms with E-state index in [1.807, 2.05) is 24.7 Å². The zero-order valence-electron chi connectivity index (χ0n) is 16.7. The minimum Gasteiger partial charge on any atom is -0.383 e. The Labute approximate surface area is 161 Å². The SMILES string of the molecule is CC(C)NC(=O)[C@H]1C[NH+]2CC[C@H]1C[C@@H]2Cn1cc(C2(O)CCCCC2)nn1. The van der Waals surface area contributed by atoms with E-state index in [-0.39, 0.29) is 17.9 Å². The van der Waals surface area contributed by atoms with Crippen molar-refractivity contribution in [2.45, 2.75) is 83.0 Å². The Balaban J connectivity index is 1.38. The molecule has 0 radical (unpaired) electrons. The van der Waals surface area contributed by atoms with Crippen molar-refractivity contribution in [1.29, 1.82) is 0 Å². The van der Waals surface area contributed by atoms with Gasteiger partial charge in [0.05, 0.1) is 31.7 Å². The van der Waals surface area contributed by atoms with E-state index in [2.05, 4.69) is 15.6 Å². The zero-order chi connectivity index (χ0) is 19.0. The standard InChI is InChI=1S/C20H33N5O2/c1-14(2)21-19(26)17-12-24-9-6-15(17)10-16(24)11-25-13-18(22-23-25)20(27)7-4-3-5-8-20/h13-17,27H,3-12H2,1-2H3,(H,21,26)/p+1/t15-,16+,17-/m0/s1. The van der Waals surface area contributed by atoms with E-state index in [0.29, 0.717) is 12.0 Å². The Morgan fingerprint density at radius 3 is 2.85 bits per heavy atom. The van der Waals surface area contributed by atoms with Gasteiger partial charge in [-0.15, -0.1) is 5.10 Å². The van der Waals surface area contributed by atoms with Crippen LogP contribution in [0.25, 0.3) is 0 Å². The van der Waals surface area contributed by atoms with Gasteiger partial charge < -0.3 is 15.3 Å². The maximum absolute atomic E-state index is 12.5. The molecule has 1 amide bonds. The van der Waals surface area contributed by atoms with Crippen LogP contribution >= 0.6 is 0 Å². The fraction of sp³-hybridized carbons (Fsp3) is 0.850. The van der Waals surface area contributed by atoms with Crippen LogP contribution < -0.4 is 10.2 Å². The largest absolute Gasteiger partial charge is 0.383 e. The Morgan fingerprint density at radius 1 is 1.41 bits per heavy atom. The molecule has 0 spiro atoms. The number of piperidine rings is 3. The maximum atomic E-state index is 12.5. The van der Waals surface area contributed by atoms with E-state index in [0.717, 1.165) is 63.9 Å². The molecule has 5 rings (SSSR count). The first-order valence-corrected chi connectivity index (χ1v) is 10.7. The average Bonchev–Trinajstić information content (AvgIpc) is 3.12. The van der Waals surface area contributed by atoms with E-state index in [1.54, 1.807) is 0 Å². The smallest absolute Gasteiger partial charge is 0.229 e. The van der Waals surface area contributed by atoms with Crippen molar-refractivity contribution in [3.05, 3.63) is 11.9 Å². The number of hydrogen-bond donors (Lipinski definition) is 3. The predicted octanol–water partition coefficient (Wildman–Crippen LogP) is 0.248. The van der Waals surface area contributed by atoms with Gasteiger partial charge in [-0.25, -0.2) is 4.68 Å². The monoisotopic (exact) mass is 376 g/mol. The number of aliphatic hydroxyl groups is 1. The predicted molar refractivity (Wildman–Crippen MR) is 101 cm³/mol. The highest BCUT2D eigenvalue weighted by Crippen LogP contribution is 2.35. The third kappa shape index (κ3) is 3.90. The number of quaternary nitrogens is 1. The van der Waals surface area contributed by atoms with Gasteiger partial charge in [-0.2, -0.15) is 0 Å². The van der Waals surface area contributed by atoms with Crippen molar-refractivity contribution in [2.24, 2.45) is 11.8 Å². The number of amides is 1. The van der Waals surface area contributed by atoms with Gasteiger partial charge >= 0.3 is 0 Å². The summed E-state index contributed by atoms with van der Waals surface area (Å²) in [5.74, 6) is 0.867. The molecule has 4 fully saturated rings. The molecule has 4 atom stereocenters. The van der Waals surface area contributed by atoms with Gasteiger partial charge in [0.15, 0.2) is 0 Å². The lowest BCUT2D eigenvalue weighted by Gasteiger charge is -2.46. The fourth-order valence-electron chi connectivity index (χ4n) is 5.43. The topological polar surface area (TPSA) is 84.5 Å². The van der Waals surface area contributed by atoms with Crippen LogP contribution in [0, 0.1) is 11.8 Å².